The molecule has 0 bridgehead atoms. The molecule has 1 N–H and O–H groups in total. The lowest BCUT2D eigenvalue weighted by molar-refractivity contribution is 1.11. The Hall–Kier alpha value is -1.54. The quantitative estimate of drug-likeness (QED) is 0.817. The Balaban J connectivity index is 1.99. The molecule has 0 aliphatic carbocycles. The van der Waals surface area contributed by atoms with Gasteiger partial charge in [0.15, 0.2) is 0 Å². The molecule has 0 fully saturated rings. The molecule has 0 atom stereocenters. The minimum atomic E-state index is 0.544. The molecule has 0 radical (unpaired) electrons. The van der Waals surface area contributed by atoms with Gasteiger partial charge in [0.1, 0.15) is 0 Å². The van der Waals surface area contributed by atoms with Gasteiger partial charge in [-0.2, -0.15) is 0 Å². The first-order valence-electron chi connectivity index (χ1n) is 5.16. The zero-order chi connectivity index (χ0) is 11.2. The number of benzene rings is 1. The molecule has 0 aliphatic rings. The van der Waals surface area contributed by atoms with Crippen LogP contribution in [0, 0.1) is 0 Å². The average molecular weight is 233 g/mol. The zero-order valence-electron chi connectivity index (χ0n) is 8.86. The summed E-state index contributed by atoms with van der Waals surface area (Å²) in [7, 11) is 0. The first-order chi connectivity index (χ1) is 7.88. The van der Waals surface area contributed by atoms with Crippen molar-refractivity contribution in [3.63, 3.8) is 0 Å². The number of hydrogen-bond acceptors (Lipinski definition) is 2. The van der Waals surface area contributed by atoms with E-state index in [9.17, 15) is 0 Å². The van der Waals surface area contributed by atoms with Crippen molar-refractivity contribution in [2.75, 3.05) is 5.32 Å². The van der Waals surface area contributed by atoms with Crippen LogP contribution in [0.2, 0.25) is 0 Å². The lowest BCUT2D eigenvalue weighted by Gasteiger charge is -2.07. The van der Waals surface area contributed by atoms with E-state index in [1.807, 2.05) is 36.5 Å². The maximum absolute atomic E-state index is 5.78. The average Bonchev–Trinajstić information content (AvgIpc) is 2.38. The monoisotopic (exact) mass is 232 g/mol. The molecule has 1 heterocycles. The Labute approximate surface area is 100 Å². The number of nitrogens with zero attached hydrogens (tertiary/aromatic N) is 1. The molecule has 0 amide bonds. The summed E-state index contributed by atoms with van der Waals surface area (Å²) in [5.74, 6) is 0.544. The smallest absolute Gasteiger partial charge is 0.0474 e. The van der Waals surface area contributed by atoms with Gasteiger partial charge in [-0.3, -0.25) is 4.98 Å². The highest BCUT2D eigenvalue weighted by atomic mass is 35.5. The van der Waals surface area contributed by atoms with Crippen LogP contribution >= 0.6 is 11.6 Å². The molecule has 16 heavy (non-hydrogen) atoms. The van der Waals surface area contributed by atoms with Gasteiger partial charge in [-0.1, -0.05) is 18.2 Å². The predicted molar refractivity (Wildman–Crippen MR) is 67.6 cm³/mol. The van der Waals surface area contributed by atoms with E-state index < -0.39 is 0 Å². The third-order valence-corrected chi connectivity index (χ3v) is 2.61. The van der Waals surface area contributed by atoms with Crippen LogP contribution in [0.5, 0.6) is 0 Å². The Bertz CT molecular complexity index is 443. The van der Waals surface area contributed by atoms with Crippen molar-refractivity contribution < 1.29 is 0 Å². The van der Waals surface area contributed by atoms with Gasteiger partial charge in [0, 0.05) is 30.5 Å². The Morgan fingerprint density at radius 2 is 2.00 bits per heavy atom. The number of nitrogens with one attached hydrogen (secondary N) is 1. The van der Waals surface area contributed by atoms with E-state index in [1.54, 1.807) is 6.20 Å². The largest absolute Gasteiger partial charge is 0.381 e. The fraction of sp³-hybridized carbons (Fsp3) is 0.154. The SMILES string of the molecule is ClCc1cccc(NCc2cccnc2)c1. The second-order valence-corrected chi connectivity index (χ2v) is 3.82. The summed E-state index contributed by atoms with van der Waals surface area (Å²) in [6.07, 6.45) is 3.63. The summed E-state index contributed by atoms with van der Waals surface area (Å²) in [5.41, 5.74) is 3.37. The van der Waals surface area contributed by atoms with Crippen LogP contribution in [0.3, 0.4) is 0 Å². The van der Waals surface area contributed by atoms with Crippen LogP contribution in [0.15, 0.2) is 48.8 Å². The van der Waals surface area contributed by atoms with E-state index in [-0.39, 0.29) is 0 Å². The van der Waals surface area contributed by atoms with Crippen molar-refractivity contribution in [1.82, 2.24) is 4.98 Å². The van der Waals surface area contributed by atoms with Gasteiger partial charge >= 0.3 is 0 Å². The molecule has 2 nitrogen and oxygen atoms in total. The highest BCUT2D eigenvalue weighted by Crippen LogP contribution is 2.13. The van der Waals surface area contributed by atoms with Crippen molar-refractivity contribution in [3.8, 4) is 0 Å². The minimum absolute atomic E-state index is 0.544. The summed E-state index contributed by atoms with van der Waals surface area (Å²) in [5, 5.41) is 3.34. The topological polar surface area (TPSA) is 24.9 Å². The molecule has 3 heteroatoms. The van der Waals surface area contributed by atoms with Crippen molar-refractivity contribution in [2.45, 2.75) is 12.4 Å². The van der Waals surface area contributed by atoms with Gasteiger partial charge in [-0.15, -0.1) is 11.6 Å². The lowest BCUT2D eigenvalue weighted by Crippen LogP contribution is -1.99. The van der Waals surface area contributed by atoms with E-state index in [0.29, 0.717) is 5.88 Å². The lowest BCUT2D eigenvalue weighted by atomic mass is 10.2. The summed E-state index contributed by atoms with van der Waals surface area (Å²) >= 11 is 5.78. The number of hydrogen-bond donors (Lipinski definition) is 1. The standard InChI is InChI=1S/C13H13ClN2/c14-8-11-3-1-5-13(7-11)16-10-12-4-2-6-15-9-12/h1-7,9,16H,8,10H2. The third kappa shape index (κ3) is 2.97. The summed E-state index contributed by atoms with van der Waals surface area (Å²) in [6, 6.07) is 12.1. The molecule has 0 saturated carbocycles. The number of rotatable bonds is 4. The number of halogens is 1. The Kier molecular flexibility index (Phi) is 3.78. The predicted octanol–water partition coefficient (Wildman–Crippen LogP) is 3.43. The molecule has 0 saturated heterocycles. The fourth-order valence-electron chi connectivity index (χ4n) is 1.47. The highest BCUT2D eigenvalue weighted by molar-refractivity contribution is 6.17. The van der Waals surface area contributed by atoms with Crippen molar-refractivity contribution in [3.05, 3.63) is 59.9 Å². The molecule has 1 aromatic carbocycles. The molecule has 0 unspecified atom stereocenters. The van der Waals surface area contributed by atoms with E-state index in [0.717, 1.165) is 17.8 Å². The molecule has 2 rings (SSSR count). The van der Waals surface area contributed by atoms with Crippen molar-refractivity contribution >= 4 is 17.3 Å². The van der Waals surface area contributed by atoms with E-state index in [2.05, 4.69) is 16.4 Å². The van der Waals surface area contributed by atoms with Gasteiger partial charge in [0.2, 0.25) is 0 Å². The van der Waals surface area contributed by atoms with E-state index in [4.69, 9.17) is 11.6 Å². The van der Waals surface area contributed by atoms with Crippen LogP contribution in [-0.4, -0.2) is 4.98 Å². The second-order valence-electron chi connectivity index (χ2n) is 3.55. The van der Waals surface area contributed by atoms with Crippen LogP contribution in [0.1, 0.15) is 11.1 Å². The highest BCUT2D eigenvalue weighted by Gasteiger charge is 1.95. The van der Waals surface area contributed by atoms with Gasteiger partial charge in [-0.05, 0) is 29.3 Å². The van der Waals surface area contributed by atoms with Crippen LogP contribution in [0.4, 0.5) is 5.69 Å². The molecular formula is C13H13ClN2. The summed E-state index contributed by atoms with van der Waals surface area (Å²) in [6.45, 7) is 0.777. The van der Waals surface area contributed by atoms with E-state index in [1.165, 1.54) is 5.56 Å². The first kappa shape index (κ1) is 11.0. The minimum Gasteiger partial charge on any atom is -0.381 e. The second kappa shape index (κ2) is 5.52. The van der Waals surface area contributed by atoms with Gasteiger partial charge in [-0.25, -0.2) is 0 Å². The number of pyridine rings is 1. The molecular weight excluding hydrogens is 220 g/mol. The fourth-order valence-corrected chi connectivity index (χ4v) is 1.64. The van der Waals surface area contributed by atoms with Crippen molar-refractivity contribution in [2.24, 2.45) is 0 Å². The normalized spacial score (nSPS) is 10.1. The molecule has 0 spiro atoms. The molecule has 2 aromatic rings. The maximum Gasteiger partial charge on any atom is 0.0474 e. The third-order valence-electron chi connectivity index (χ3n) is 2.30. The zero-order valence-corrected chi connectivity index (χ0v) is 9.61. The first-order valence-corrected chi connectivity index (χ1v) is 5.69. The molecule has 82 valence electrons. The number of alkyl halides is 1. The molecule has 1 aromatic heterocycles. The van der Waals surface area contributed by atoms with Gasteiger partial charge in [0.05, 0.1) is 0 Å². The number of aromatic nitrogens is 1. The molecule has 0 aliphatic heterocycles. The summed E-state index contributed by atoms with van der Waals surface area (Å²) < 4.78 is 0. The van der Waals surface area contributed by atoms with E-state index >= 15 is 0 Å². The number of anilines is 1. The Morgan fingerprint density at radius 3 is 2.75 bits per heavy atom. The maximum atomic E-state index is 5.78. The van der Waals surface area contributed by atoms with Crippen LogP contribution in [0.25, 0.3) is 0 Å². The van der Waals surface area contributed by atoms with Crippen LogP contribution < -0.4 is 5.32 Å². The van der Waals surface area contributed by atoms with Gasteiger partial charge < -0.3 is 5.32 Å². The summed E-state index contributed by atoms with van der Waals surface area (Å²) in [4.78, 5) is 4.07. The van der Waals surface area contributed by atoms with Crippen LogP contribution in [-0.2, 0) is 12.4 Å². The van der Waals surface area contributed by atoms with Gasteiger partial charge in [0.25, 0.3) is 0 Å². The Morgan fingerprint density at radius 1 is 1.12 bits per heavy atom. The van der Waals surface area contributed by atoms with Crippen molar-refractivity contribution in [1.29, 1.82) is 0 Å².